The Bertz CT molecular complexity index is 2060. The Labute approximate surface area is 308 Å². The molecule has 0 radical (unpaired) electrons. The third kappa shape index (κ3) is 7.50. The molecule has 1 unspecified atom stereocenters. The van der Waals surface area contributed by atoms with Crippen LogP contribution in [0.4, 0.5) is 4.39 Å². The average Bonchev–Trinajstić information content (AvgIpc) is 3.64. The molecule has 1 saturated heterocycles. The number of hydrogen-bond acceptors (Lipinski definition) is 9. The van der Waals surface area contributed by atoms with Gasteiger partial charge in [0.25, 0.3) is 5.56 Å². The van der Waals surface area contributed by atoms with Crippen molar-refractivity contribution >= 4 is 27.6 Å². The van der Waals surface area contributed by atoms with Crippen molar-refractivity contribution in [2.24, 2.45) is 0 Å². The second-order valence-electron chi connectivity index (χ2n) is 14.4. The Kier molecular flexibility index (Phi) is 11.1. The number of fused-ring (bicyclic) bond motifs is 1. The molecule has 0 aliphatic carbocycles. The minimum atomic E-state index is -3.59. The minimum Gasteiger partial charge on any atom is -0.497 e. The Morgan fingerprint density at radius 2 is 1.49 bits per heavy atom. The molecule has 0 amide bonds. The highest BCUT2D eigenvalue weighted by atomic mass is 31.1. The van der Waals surface area contributed by atoms with Crippen molar-refractivity contribution in [2.45, 2.75) is 69.0 Å². The van der Waals surface area contributed by atoms with E-state index in [0.717, 1.165) is 29.2 Å². The van der Waals surface area contributed by atoms with Gasteiger partial charge in [0.05, 0.1) is 27.2 Å². The summed E-state index contributed by atoms with van der Waals surface area (Å²) in [4.78, 5) is 29.5. The molecule has 12 nitrogen and oxygen atoms in total. The van der Waals surface area contributed by atoms with Crippen LogP contribution in [-0.2, 0) is 28.6 Å². The number of hydrogen-bond donors (Lipinski definition) is 2. The lowest BCUT2D eigenvalue weighted by molar-refractivity contribution is -0.0926. The van der Waals surface area contributed by atoms with Gasteiger partial charge in [0.2, 0.25) is 0 Å². The summed E-state index contributed by atoms with van der Waals surface area (Å²) < 4.78 is 66.7. The number of aromatic amines is 1. The molecule has 0 bridgehead atoms. The Balaban J connectivity index is 1.51. The van der Waals surface area contributed by atoms with E-state index in [1.54, 1.807) is 14.2 Å². The molecule has 15 heteroatoms. The van der Waals surface area contributed by atoms with Crippen molar-refractivity contribution in [3.8, 4) is 11.5 Å². The molecule has 0 saturated carbocycles. The molecule has 282 valence electrons. The lowest BCUT2D eigenvalue weighted by Gasteiger charge is -2.41. The van der Waals surface area contributed by atoms with Gasteiger partial charge in [-0.2, -0.15) is 0 Å². The van der Waals surface area contributed by atoms with Gasteiger partial charge in [-0.3, -0.25) is 13.9 Å². The summed E-state index contributed by atoms with van der Waals surface area (Å²) in [5.74, 6) is 0.484. The first-order valence-electron chi connectivity index (χ1n) is 17.2. The number of benzene rings is 3. The van der Waals surface area contributed by atoms with E-state index in [0.29, 0.717) is 11.5 Å². The highest BCUT2D eigenvalue weighted by molar-refractivity contribution is 7.32. The van der Waals surface area contributed by atoms with Gasteiger partial charge < -0.3 is 37.8 Å². The highest BCUT2D eigenvalue weighted by Crippen LogP contribution is 2.47. The molecule has 6 rings (SSSR count). The molecule has 3 aromatic carbocycles. The Hall–Kier alpha value is -4.14. The van der Waals surface area contributed by atoms with Gasteiger partial charge in [0.15, 0.2) is 26.0 Å². The summed E-state index contributed by atoms with van der Waals surface area (Å²) in [6, 6.07) is 24.9. The van der Waals surface area contributed by atoms with Crippen molar-refractivity contribution < 1.29 is 41.7 Å². The van der Waals surface area contributed by atoms with Crippen molar-refractivity contribution in [3.63, 3.8) is 0 Å². The summed E-state index contributed by atoms with van der Waals surface area (Å²) in [5.41, 5.74) is 0.428. The van der Waals surface area contributed by atoms with Crippen LogP contribution in [0.1, 0.15) is 43.7 Å². The van der Waals surface area contributed by atoms with Crippen LogP contribution in [0.5, 0.6) is 11.5 Å². The topological polar surface area (TPSA) is 143 Å². The van der Waals surface area contributed by atoms with Gasteiger partial charge >= 0.3 is 8.25 Å². The molecular weight excluding hydrogens is 720 g/mol. The molecule has 53 heavy (non-hydrogen) atoms. The number of aromatic nitrogens is 3. The average molecular weight is 766 g/mol. The maximum absolute atomic E-state index is 15.4. The van der Waals surface area contributed by atoms with Gasteiger partial charge in [0.1, 0.15) is 40.8 Å². The van der Waals surface area contributed by atoms with E-state index in [9.17, 15) is 14.3 Å². The number of nitrogens with one attached hydrogen (secondary N) is 1. The number of rotatable bonds is 13. The van der Waals surface area contributed by atoms with E-state index < -0.39 is 58.1 Å². The van der Waals surface area contributed by atoms with Gasteiger partial charge in [-0.05, 0) is 59.1 Å². The van der Waals surface area contributed by atoms with Crippen molar-refractivity contribution in [2.75, 3.05) is 20.8 Å². The second-order valence-corrected chi connectivity index (χ2v) is 19.9. The first kappa shape index (κ1) is 38.6. The largest absolute Gasteiger partial charge is 0.497 e. The van der Waals surface area contributed by atoms with Crippen LogP contribution in [0.2, 0.25) is 18.1 Å². The molecule has 5 atom stereocenters. The lowest BCUT2D eigenvalue weighted by atomic mass is 9.80. The van der Waals surface area contributed by atoms with Gasteiger partial charge in [-0.15, -0.1) is 0 Å². The first-order chi connectivity index (χ1) is 25.2. The number of nitrogens with zero attached hydrogens (tertiary/aromatic N) is 2. The number of halogens is 1. The zero-order valence-corrected chi connectivity index (χ0v) is 32.7. The predicted molar refractivity (Wildman–Crippen MR) is 201 cm³/mol. The smallest absolute Gasteiger partial charge is 0.317 e. The molecule has 0 spiro atoms. The summed E-state index contributed by atoms with van der Waals surface area (Å²) in [6.45, 7) is 10.2. The standard InChI is InChI=1S/C38H45FN3O9PSi/c1-37(2,3)53(6,7)51-32-30(49-36(33(32)50-52(44)45)42-21-29(39)31-34(42)40-23-41-35(31)43)22-48-38(24-11-9-8-10-12-24,25-13-17-27(46-4)18-14-25)26-15-19-28(47-5)20-16-26/h8-21,23,30,32-33,36,52H,22H2,1-7H3,(H,44,45)(H,40,41,43)/t30-,32-,33-,36-/m1/s1. The fourth-order valence-electron chi connectivity index (χ4n) is 6.49. The maximum Gasteiger partial charge on any atom is 0.317 e. The van der Waals surface area contributed by atoms with E-state index >= 15 is 4.39 Å². The van der Waals surface area contributed by atoms with Crippen molar-refractivity contribution in [3.05, 3.63) is 124 Å². The van der Waals surface area contributed by atoms with Crippen LogP contribution in [0.25, 0.3) is 11.0 Å². The minimum absolute atomic E-state index is 0.0230. The molecule has 2 N–H and O–H groups in total. The van der Waals surface area contributed by atoms with E-state index in [1.165, 1.54) is 4.57 Å². The normalized spacial score (nSPS) is 20.1. The highest BCUT2D eigenvalue weighted by Gasteiger charge is 2.53. The third-order valence-corrected chi connectivity index (χ3v) is 15.2. The SMILES string of the molecule is COc1ccc(C(OC[C@H]2O[C@@H](n3cc(F)c4c(=O)[nH]cnc43)[C@H](O[PH](=O)O)[C@@H]2O[Si](C)(C)C(C)(C)C)(c2ccccc2)c2ccc(OC)cc2)cc1. The first-order valence-corrected chi connectivity index (χ1v) is 21.3. The molecule has 1 aliphatic rings. The molecule has 2 aromatic heterocycles. The van der Waals surface area contributed by atoms with Crippen LogP contribution < -0.4 is 15.0 Å². The van der Waals surface area contributed by atoms with E-state index in [4.69, 9.17) is 27.9 Å². The maximum atomic E-state index is 15.4. The van der Waals surface area contributed by atoms with Crippen molar-refractivity contribution in [1.82, 2.24) is 14.5 Å². The summed E-state index contributed by atoms with van der Waals surface area (Å²) in [5, 5.41) is -0.567. The zero-order chi connectivity index (χ0) is 38.1. The third-order valence-electron chi connectivity index (χ3n) is 10.2. The Morgan fingerprint density at radius 1 is 0.925 bits per heavy atom. The van der Waals surface area contributed by atoms with E-state index in [-0.39, 0.29) is 22.7 Å². The monoisotopic (exact) mass is 765 g/mol. The number of methoxy groups -OCH3 is 2. The van der Waals surface area contributed by atoms with Crippen molar-refractivity contribution in [1.29, 1.82) is 0 Å². The van der Waals surface area contributed by atoms with Gasteiger partial charge in [-0.25, -0.2) is 9.37 Å². The Morgan fingerprint density at radius 3 is 2.02 bits per heavy atom. The van der Waals surface area contributed by atoms with Crippen LogP contribution in [0, 0.1) is 5.82 Å². The van der Waals surface area contributed by atoms with Gasteiger partial charge in [-0.1, -0.05) is 75.4 Å². The fourth-order valence-corrected chi connectivity index (χ4v) is 8.30. The van der Waals surface area contributed by atoms with Crippen LogP contribution >= 0.6 is 8.25 Å². The summed E-state index contributed by atoms with van der Waals surface area (Å²) in [7, 11) is -3.05. The second kappa shape index (κ2) is 15.3. The quantitative estimate of drug-likeness (QED) is 0.0735. The lowest BCUT2D eigenvalue weighted by Crippen LogP contribution is -2.50. The predicted octanol–water partition coefficient (Wildman–Crippen LogP) is 6.94. The van der Waals surface area contributed by atoms with E-state index in [1.807, 2.05) is 92.0 Å². The van der Waals surface area contributed by atoms with Crippen LogP contribution in [-0.4, -0.2) is 66.9 Å². The molecule has 1 aliphatic heterocycles. The number of ether oxygens (including phenoxy) is 4. The zero-order valence-electron chi connectivity index (χ0n) is 30.7. The number of H-pyrrole nitrogens is 1. The van der Waals surface area contributed by atoms with Gasteiger partial charge in [0, 0.05) is 6.20 Å². The fraction of sp³-hybridized carbons (Fsp3) is 0.368. The molecule has 3 heterocycles. The van der Waals surface area contributed by atoms with E-state index in [2.05, 4.69) is 30.7 Å². The summed E-state index contributed by atoms with van der Waals surface area (Å²) in [6.07, 6.45) is -2.11. The molecular formula is C38H45FN3O9PSi. The molecule has 1 fully saturated rings. The van der Waals surface area contributed by atoms with Crippen LogP contribution in [0.3, 0.4) is 0 Å². The molecule has 5 aromatic rings. The van der Waals surface area contributed by atoms with Crippen LogP contribution in [0.15, 0.2) is 96.2 Å². The summed E-state index contributed by atoms with van der Waals surface area (Å²) >= 11 is 0.